The van der Waals surface area contributed by atoms with Gasteiger partial charge in [-0.2, -0.15) is 0 Å². The van der Waals surface area contributed by atoms with Crippen LogP contribution in [0.1, 0.15) is 51.8 Å². The lowest BCUT2D eigenvalue weighted by atomic mass is 9.74. The fraction of sp³-hybridized carbons (Fsp3) is 0.237. The van der Waals surface area contributed by atoms with E-state index < -0.39 is 17.6 Å². The molecule has 8 nitrogen and oxygen atoms in total. The molecule has 8 heteroatoms. The Balaban J connectivity index is 1.47. The molecule has 1 atom stereocenters. The summed E-state index contributed by atoms with van der Waals surface area (Å²) < 4.78 is 12.4. The van der Waals surface area contributed by atoms with Crippen LogP contribution in [0.15, 0.2) is 121 Å². The summed E-state index contributed by atoms with van der Waals surface area (Å²) in [5.41, 5.74) is 5.08. The van der Waals surface area contributed by atoms with Gasteiger partial charge in [0.25, 0.3) is 0 Å². The van der Waals surface area contributed by atoms with Gasteiger partial charge in [0.15, 0.2) is 5.69 Å². The molecule has 5 aromatic rings. The number of carbonyl (C=O) groups is 1. The molecule has 1 N–H and O–H groups in total. The number of benzene rings is 4. The van der Waals surface area contributed by atoms with Crippen LogP contribution in [0.25, 0.3) is 6.08 Å². The third kappa shape index (κ3) is 6.09. The molecule has 1 saturated heterocycles. The predicted molar refractivity (Wildman–Crippen MR) is 177 cm³/mol. The smallest absolute Gasteiger partial charge is 0.361 e. The van der Waals surface area contributed by atoms with Crippen molar-refractivity contribution in [2.75, 3.05) is 26.8 Å². The zero-order valence-electron chi connectivity index (χ0n) is 26.1. The molecule has 0 bridgehead atoms. The number of methoxy groups -OCH3 is 1. The van der Waals surface area contributed by atoms with Crippen LogP contribution < -0.4 is 4.74 Å². The molecule has 234 valence electrons. The molecule has 1 unspecified atom stereocenters. The molecular formula is C38H38N4O4. The molecule has 4 aromatic carbocycles. The SMILES string of the molecule is CCOC(=O)c1nnn(Cc2ccc(OC)cc2)c1/C=C1/CN(C(c2ccccc2)(c2ccccc2)c2ccccc2)CCC1O. The van der Waals surface area contributed by atoms with Crippen molar-refractivity contribution in [2.45, 2.75) is 31.5 Å². The highest BCUT2D eigenvalue weighted by Gasteiger charge is 2.44. The number of ether oxygens (including phenoxy) is 2. The number of piperidine rings is 1. The third-order valence-electron chi connectivity index (χ3n) is 8.58. The Morgan fingerprint density at radius 3 is 1.98 bits per heavy atom. The van der Waals surface area contributed by atoms with Crippen molar-refractivity contribution in [2.24, 2.45) is 0 Å². The lowest BCUT2D eigenvalue weighted by Gasteiger charge is -2.48. The number of aliphatic hydroxyl groups is 1. The van der Waals surface area contributed by atoms with Gasteiger partial charge in [0.2, 0.25) is 0 Å². The number of aliphatic hydroxyl groups excluding tert-OH is 1. The summed E-state index contributed by atoms with van der Waals surface area (Å²) in [7, 11) is 1.63. The van der Waals surface area contributed by atoms with E-state index in [9.17, 15) is 9.90 Å². The van der Waals surface area contributed by atoms with E-state index in [-0.39, 0.29) is 12.3 Å². The van der Waals surface area contributed by atoms with Crippen LogP contribution in [0.3, 0.4) is 0 Å². The van der Waals surface area contributed by atoms with Crippen molar-refractivity contribution in [1.82, 2.24) is 19.9 Å². The first-order valence-corrected chi connectivity index (χ1v) is 15.6. The maximum Gasteiger partial charge on any atom is 0.361 e. The average Bonchev–Trinajstić information content (AvgIpc) is 3.50. The number of nitrogens with zero attached hydrogens (tertiary/aromatic N) is 4. The van der Waals surface area contributed by atoms with E-state index >= 15 is 0 Å². The number of aromatic nitrogens is 3. The first-order chi connectivity index (χ1) is 22.5. The standard InChI is InChI=1S/C38H38N4O4/c1-3-46-37(44)36-34(42(40-39-36)26-28-19-21-33(45-2)22-20-28)25-29-27-41(24-23-35(29)43)38(30-13-7-4-8-14-30,31-15-9-5-10-16-31)32-17-11-6-12-18-32/h4-22,25,35,43H,3,23-24,26-27H2,1-2H3/b29-25-. The van der Waals surface area contributed by atoms with Gasteiger partial charge >= 0.3 is 5.97 Å². The fourth-order valence-corrected chi connectivity index (χ4v) is 6.39. The van der Waals surface area contributed by atoms with Crippen LogP contribution in [-0.4, -0.2) is 63.9 Å². The molecule has 0 aliphatic carbocycles. The van der Waals surface area contributed by atoms with Gasteiger partial charge in [-0.15, -0.1) is 5.10 Å². The van der Waals surface area contributed by atoms with Crippen molar-refractivity contribution >= 4 is 12.0 Å². The van der Waals surface area contributed by atoms with E-state index in [0.717, 1.165) is 33.6 Å². The molecule has 2 heterocycles. The molecule has 1 aromatic heterocycles. The highest BCUT2D eigenvalue weighted by atomic mass is 16.5. The Hall–Kier alpha value is -5.05. The summed E-state index contributed by atoms with van der Waals surface area (Å²) in [6, 6.07) is 39.2. The van der Waals surface area contributed by atoms with E-state index in [1.807, 2.05) is 48.5 Å². The van der Waals surface area contributed by atoms with Crippen molar-refractivity contribution in [1.29, 1.82) is 0 Å². The number of hydrogen-bond donors (Lipinski definition) is 1. The number of likely N-dealkylation sites (tertiary alicyclic amines) is 1. The highest BCUT2D eigenvalue weighted by molar-refractivity contribution is 5.91. The van der Waals surface area contributed by atoms with Gasteiger partial charge in [-0.05, 0) is 59.4 Å². The molecule has 0 spiro atoms. The molecular weight excluding hydrogens is 576 g/mol. The van der Waals surface area contributed by atoms with Gasteiger partial charge in [0.1, 0.15) is 5.75 Å². The largest absolute Gasteiger partial charge is 0.497 e. The maximum atomic E-state index is 13.1. The number of rotatable bonds is 10. The Bertz CT molecular complexity index is 1670. The average molecular weight is 615 g/mol. The molecule has 0 radical (unpaired) electrons. The van der Waals surface area contributed by atoms with Crippen molar-refractivity contribution in [3.8, 4) is 5.75 Å². The van der Waals surface area contributed by atoms with Crippen molar-refractivity contribution in [3.63, 3.8) is 0 Å². The number of esters is 1. The second-order valence-electron chi connectivity index (χ2n) is 11.3. The van der Waals surface area contributed by atoms with Crippen molar-refractivity contribution in [3.05, 3.63) is 154 Å². The second-order valence-corrected chi connectivity index (χ2v) is 11.3. The van der Waals surface area contributed by atoms with Crippen LogP contribution in [0.2, 0.25) is 0 Å². The van der Waals surface area contributed by atoms with Crippen molar-refractivity contribution < 1.29 is 19.4 Å². The quantitative estimate of drug-likeness (QED) is 0.154. The van der Waals surface area contributed by atoms with Crippen LogP contribution >= 0.6 is 0 Å². The van der Waals surface area contributed by atoms with Gasteiger partial charge in [-0.25, -0.2) is 9.48 Å². The molecule has 0 amide bonds. The van der Waals surface area contributed by atoms with Gasteiger partial charge in [0.05, 0.1) is 37.6 Å². The van der Waals surface area contributed by atoms with Gasteiger partial charge in [0, 0.05) is 13.1 Å². The Labute approximate surface area is 269 Å². The lowest BCUT2D eigenvalue weighted by Crippen LogP contribution is -2.52. The number of hydrogen-bond acceptors (Lipinski definition) is 7. The van der Waals surface area contributed by atoms with E-state index in [0.29, 0.717) is 31.7 Å². The Morgan fingerprint density at radius 1 is 0.891 bits per heavy atom. The molecule has 46 heavy (non-hydrogen) atoms. The minimum Gasteiger partial charge on any atom is -0.497 e. The lowest BCUT2D eigenvalue weighted by molar-refractivity contribution is 0.0519. The van der Waals surface area contributed by atoms with Crippen LogP contribution in [0, 0.1) is 0 Å². The van der Waals surface area contributed by atoms with Crippen LogP contribution in [0.5, 0.6) is 5.75 Å². The zero-order valence-corrected chi connectivity index (χ0v) is 26.1. The van der Waals surface area contributed by atoms with Gasteiger partial charge < -0.3 is 14.6 Å². The van der Waals surface area contributed by atoms with Gasteiger partial charge in [-0.3, -0.25) is 4.90 Å². The van der Waals surface area contributed by atoms with E-state index in [1.54, 1.807) is 18.7 Å². The summed E-state index contributed by atoms with van der Waals surface area (Å²) in [5, 5.41) is 20.1. The molecule has 6 rings (SSSR count). The van der Waals surface area contributed by atoms with Crippen LogP contribution in [-0.2, 0) is 16.8 Å². The first-order valence-electron chi connectivity index (χ1n) is 15.6. The maximum absolute atomic E-state index is 13.1. The summed E-state index contributed by atoms with van der Waals surface area (Å²) in [5.74, 6) is 0.200. The molecule has 1 aliphatic heterocycles. The van der Waals surface area contributed by atoms with Gasteiger partial charge in [-0.1, -0.05) is 108 Å². The monoisotopic (exact) mass is 614 g/mol. The molecule has 0 saturated carbocycles. The minimum atomic E-state index is -0.712. The summed E-state index contributed by atoms with van der Waals surface area (Å²) in [6.07, 6.45) is 1.67. The fourth-order valence-electron chi connectivity index (χ4n) is 6.39. The highest BCUT2D eigenvalue weighted by Crippen LogP contribution is 2.44. The third-order valence-corrected chi connectivity index (χ3v) is 8.58. The first kappa shape index (κ1) is 31.0. The minimum absolute atomic E-state index is 0.118. The Morgan fingerprint density at radius 2 is 1.46 bits per heavy atom. The van der Waals surface area contributed by atoms with Crippen LogP contribution in [0.4, 0.5) is 0 Å². The molecule has 1 fully saturated rings. The summed E-state index contributed by atoms with van der Waals surface area (Å²) in [4.78, 5) is 15.5. The van der Waals surface area contributed by atoms with E-state index in [2.05, 4.69) is 88.0 Å². The zero-order chi connectivity index (χ0) is 31.9. The summed E-state index contributed by atoms with van der Waals surface area (Å²) >= 11 is 0. The molecule has 1 aliphatic rings. The topological polar surface area (TPSA) is 89.7 Å². The normalized spacial score (nSPS) is 16.3. The van der Waals surface area contributed by atoms with E-state index in [4.69, 9.17) is 9.47 Å². The number of carbonyl (C=O) groups excluding carboxylic acids is 1. The Kier molecular flexibility index (Phi) is 9.38. The predicted octanol–water partition coefficient (Wildman–Crippen LogP) is 5.95. The summed E-state index contributed by atoms with van der Waals surface area (Å²) in [6.45, 7) is 3.43. The van der Waals surface area contributed by atoms with E-state index in [1.165, 1.54) is 0 Å². The second kappa shape index (κ2) is 13.9.